The van der Waals surface area contributed by atoms with Crippen molar-refractivity contribution in [3.05, 3.63) is 11.6 Å². The molecular weight excluding hydrogens is 212 g/mol. The van der Waals surface area contributed by atoms with E-state index < -0.39 is 0 Å². The fourth-order valence-corrected chi connectivity index (χ4v) is 2.43. The topological polar surface area (TPSA) is 26.3 Å². The van der Waals surface area contributed by atoms with Gasteiger partial charge in [-0.1, -0.05) is 45.6 Å². The summed E-state index contributed by atoms with van der Waals surface area (Å²) in [6.07, 6.45) is 7.48. The molecule has 0 aliphatic carbocycles. The summed E-state index contributed by atoms with van der Waals surface area (Å²) in [7, 11) is 0. The molecule has 0 bridgehead atoms. The molecule has 1 aliphatic rings. The maximum absolute atomic E-state index is 11.3. The first kappa shape index (κ1) is 14.3. The zero-order valence-electron chi connectivity index (χ0n) is 11.7. The van der Waals surface area contributed by atoms with E-state index in [0.717, 1.165) is 24.3 Å². The Labute approximate surface area is 105 Å². The lowest BCUT2D eigenvalue weighted by Crippen LogP contribution is -2.24. The second kappa shape index (κ2) is 6.83. The van der Waals surface area contributed by atoms with Gasteiger partial charge in [0.2, 0.25) is 0 Å². The van der Waals surface area contributed by atoms with Crippen LogP contribution in [0.25, 0.3) is 0 Å². The van der Waals surface area contributed by atoms with Gasteiger partial charge in [0, 0.05) is 12.5 Å². The Morgan fingerprint density at radius 1 is 1.35 bits per heavy atom. The minimum absolute atomic E-state index is 0.113. The molecular formula is C15H26O2. The smallest absolute Gasteiger partial charge is 0.330 e. The van der Waals surface area contributed by atoms with Crippen LogP contribution in [0.2, 0.25) is 0 Å². The fraction of sp³-hybridized carbons (Fsp3) is 0.800. The van der Waals surface area contributed by atoms with E-state index in [4.69, 9.17) is 4.74 Å². The summed E-state index contributed by atoms with van der Waals surface area (Å²) in [5.41, 5.74) is 1.15. The van der Waals surface area contributed by atoms with Crippen LogP contribution in [0.15, 0.2) is 11.6 Å². The molecule has 0 saturated carbocycles. The lowest BCUT2D eigenvalue weighted by molar-refractivity contribution is -0.145. The lowest BCUT2D eigenvalue weighted by Gasteiger charge is -2.24. The standard InChI is InChI=1S/C15H26O2/c1-11(2)6-5-7-12(3)8-14-9-13(4)10-15(16)17-14/h10-12,14H,5-9H2,1-4H3. The second-order valence-electron chi connectivity index (χ2n) is 5.92. The van der Waals surface area contributed by atoms with E-state index in [2.05, 4.69) is 20.8 Å². The molecule has 1 heterocycles. The van der Waals surface area contributed by atoms with Crippen molar-refractivity contribution >= 4 is 5.97 Å². The van der Waals surface area contributed by atoms with Crippen molar-refractivity contribution in [1.29, 1.82) is 0 Å². The van der Waals surface area contributed by atoms with Gasteiger partial charge in [0.1, 0.15) is 6.10 Å². The summed E-state index contributed by atoms with van der Waals surface area (Å²) >= 11 is 0. The van der Waals surface area contributed by atoms with Gasteiger partial charge in [-0.25, -0.2) is 4.79 Å². The van der Waals surface area contributed by atoms with Gasteiger partial charge in [-0.05, 0) is 25.2 Å². The summed E-state index contributed by atoms with van der Waals surface area (Å²) in [5.74, 6) is 1.28. The summed E-state index contributed by atoms with van der Waals surface area (Å²) < 4.78 is 5.34. The maximum atomic E-state index is 11.3. The quantitative estimate of drug-likeness (QED) is 0.651. The first-order valence-corrected chi connectivity index (χ1v) is 6.85. The number of cyclic esters (lactones) is 1. The predicted octanol–water partition coefficient (Wildman–Crippen LogP) is 4.10. The van der Waals surface area contributed by atoms with E-state index >= 15 is 0 Å². The molecule has 2 nitrogen and oxygen atoms in total. The minimum atomic E-state index is -0.159. The zero-order valence-corrected chi connectivity index (χ0v) is 11.7. The molecule has 0 aromatic heterocycles. The molecule has 0 N–H and O–H groups in total. The van der Waals surface area contributed by atoms with Crippen molar-refractivity contribution < 1.29 is 9.53 Å². The van der Waals surface area contributed by atoms with Gasteiger partial charge < -0.3 is 4.74 Å². The summed E-state index contributed by atoms with van der Waals surface area (Å²) in [4.78, 5) is 11.3. The van der Waals surface area contributed by atoms with Gasteiger partial charge in [0.25, 0.3) is 0 Å². The highest BCUT2D eigenvalue weighted by Gasteiger charge is 2.21. The molecule has 0 spiro atoms. The molecule has 17 heavy (non-hydrogen) atoms. The number of esters is 1. The second-order valence-corrected chi connectivity index (χ2v) is 5.92. The number of carbonyl (C=O) groups is 1. The van der Waals surface area contributed by atoms with E-state index in [1.54, 1.807) is 6.08 Å². The van der Waals surface area contributed by atoms with E-state index in [-0.39, 0.29) is 12.1 Å². The molecule has 0 aromatic carbocycles. The van der Waals surface area contributed by atoms with Crippen molar-refractivity contribution in [2.75, 3.05) is 0 Å². The number of hydrogen-bond donors (Lipinski definition) is 0. The zero-order chi connectivity index (χ0) is 12.8. The van der Waals surface area contributed by atoms with E-state index in [1.807, 2.05) is 6.92 Å². The maximum Gasteiger partial charge on any atom is 0.330 e. The third-order valence-electron chi connectivity index (χ3n) is 3.34. The van der Waals surface area contributed by atoms with Gasteiger partial charge in [-0.15, -0.1) is 0 Å². The Bertz CT molecular complexity index is 279. The molecule has 98 valence electrons. The molecule has 0 radical (unpaired) electrons. The molecule has 2 atom stereocenters. The van der Waals surface area contributed by atoms with Crippen molar-refractivity contribution in [1.82, 2.24) is 0 Å². The highest BCUT2D eigenvalue weighted by atomic mass is 16.5. The van der Waals surface area contributed by atoms with E-state index in [0.29, 0.717) is 5.92 Å². The van der Waals surface area contributed by atoms with Crippen LogP contribution in [0.1, 0.15) is 59.8 Å². The van der Waals surface area contributed by atoms with Gasteiger partial charge in [-0.3, -0.25) is 0 Å². The van der Waals surface area contributed by atoms with Crippen molar-refractivity contribution in [3.8, 4) is 0 Å². The largest absolute Gasteiger partial charge is 0.459 e. The van der Waals surface area contributed by atoms with Crippen LogP contribution in [0, 0.1) is 11.8 Å². The third kappa shape index (κ3) is 5.90. The van der Waals surface area contributed by atoms with Gasteiger partial charge in [0.15, 0.2) is 0 Å². The Hall–Kier alpha value is -0.790. The van der Waals surface area contributed by atoms with Crippen molar-refractivity contribution in [2.24, 2.45) is 11.8 Å². The Morgan fingerprint density at radius 2 is 2.06 bits per heavy atom. The first-order valence-electron chi connectivity index (χ1n) is 6.85. The predicted molar refractivity (Wildman–Crippen MR) is 70.7 cm³/mol. The molecule has 2 unspecified atom stereocenters. The lowest BCUT2D eigenvalue weighted by atomic mass is 9.92. The SMILES string of the molecule is CC1=CC(=O)OC(CC(C)CCCC(C)C)C1. The highest BCUT2D eigenvalue weighted by molar-refractivity contribution is 5.83. The minimum Gasteiger partial charge on any atom is -0.459 e. The van der Waals surface area contributed by atoms with Gasteiger partial charge >= 0.3 is 5.97 Å². The molecule has 0 aromatic rings. The number of hydrogen-bond acceptors (Lipinski definition) is 2. The van der Waals surface area contributed by atoms with Gasteiger partial charge in [-0.2, -0.15) is 0 Å². The van der Waals surface area contributed by atoms with Crippen molar-refractivity contribution in [3.63, 3.8) is 0 Å². The first-order chi connectivity index (χ1) is 7.97. The molecule has 2 heteroatoms. The summed E-state index contributed by atoms with van der Waals surface area (Å²) in [6.45, 7) is 8.81. The molecule has 0 saturated heterocycles. The molecule has 1 rings (SSSR count). The Balaban J connectivity index is 2.24. The Kier molecular flexibility index (Phi) is 5.73. The molecule has 1 aliphatic heterocycles. The van der Waals surface area contributed by atoms with Crippen LogP contribution >= 0.6 is 0 Å². The number of rotatable bonds is 6. The monoisotopic (exact) mass is 238 g/mol. The van der Waals surface area contributed by atoms with Crippen LogP contribution in [0.5, 0.6) is 0 Å². The average Bonchev–Trinajstić information content (AvgIpc) is 2.14. The van der Waals surface area contributed by atoms with Crippen LogP contribution in [0.3, 0.4) is 0 Å². The fourth-order valence-electron chi connectivity index (χ4n) is 2.43. The Morgan fingerprint density at radius 3 is 2.65 bits per heavy atom. The van der Waals surface area contributed by atoms with Crippen LogP contribution in [-0.4, -0.2) is 12.1 Å². The van der Waals surface area contributed by atoms with Crippen LogP contribution < -0.4 is 0 Å². The van der Waals surface area contributed by atoms with Crippen LogP contribution in [0.4, 0.5) is 0 Å². The number of ether oxygens (including phenoxy) is 1. The average molecular weight is 238 g/mol. The van der Waals surface area contributed by atoms with Crippen LogP contribution in [-0.2, 0) is 9.53 Å². The van der Waals surface area contributed by atoms with E-state index in [9.17, 15) is 4.79 Å². The van der Waals surface area contributed by atoms with Crippen molar-refractivity contribution in [2.45, 2.75) is 65.9 Å². The van der Waals surface area contributed by atoms with Gasteiger partial charge in [0.05, 0.1) is 0 Å². The summed E-state index contributed by atoms with van der Waals surface area (Å²) in [6, 6.07) is 0. The van der Waals surface area contributed by atoms with E-state index in [1.165, 1.54) is 19.3 Å². The third-order valence-corrected chi connectivity index (χ3v) is 3.34. The molecule has 0 amide bonds. The normalized spacial score (nSPS) is 22.3. The molecule has 0 fully saturated rings. The summed E-state index contributed by atoms with van der Waals surface area (Å²) in [5, 5.41) is 0. The number of carbonyl (C=O) groups excluding carboxylic acids is 1. The highest BCUT2D eigenvalue weighted by Crippen LogP contribution is 2.24.